The van der Waals surface area contributed by atoms with Crippen molar-refractivity contribution in [1.82, 2.24) is 5.32 Å². The van der Waals surface area contributed by atoms with Crippen molar-refractivity contribution in [3.63, 3.8) is 0 Å². The molecule has 0 aromatic heterocycles. The molecule has 0 saturated heterocycles. The Morgan fingerprint density at radius 2 is 2.00 bits per heavy atom. The number of benzene rings is 1. The van der Waals surface area contributed by atoms with E-state index in [4.69, 9.17) is 28.3 Å². The van der Waals surface area contributed by atoms with Crippen LogP contribution in [0.5, 0.6) is 0 Å². The minimum absolute atomic E-state index is 0.131. The number of carbonyl (C=O) groups excluding carboxylic acids is 1. The van der Waals surface area contributed by atoms with Crippen LogP contribution in [0.25, 0.3) is 0 Å². The molecule has 0 radical (unpaired) electrons. The molecule has 3 nitrogen and oxygen atoms in total. The van der Waals surface area contributed by atoms with E-state index in [9.17, 15) is 4.79 Å². The number of aliphatic hydroxyl groups is 1. The molecule has 1 rings (SSSR count). The van der Waals surface area contributed by atoms with E-state index >= 15 is 0 Å². The highest BCUT2D eigenvalue weighted by Gasteiger charge is 2.15. The summed E-state index contributed by atoms with van der Waals surface area (Å²) in [5.74, 6) is -0.382. The number of amides is 1. The van der Waals surface area contributed by atoms with E-state index in [0.29, 0.717) is 10.0 Å². The average molecular weight is 248 g/mol. The maximum absolute atomic E-state index is 11.7. The standard InChI is InChI=1S/C10H11Cl2NO2/c1-6(5-14)13-10(15)9-7(11)3-2-4-8(9)12/h2-4,6,14H,5H2,1H3,(H,13,15)/t6-/m1/s1. The topological polar surface area (TPSA) is 49.3 Å². The molecule has 0 saturated carbocycles. The fraction of sp³-hybridized carbons (Fsp3) is 0.300. The molecule has 0 heterocycles. The Labute approximate surface area is 98.0 Å². The van der Waals surface area contributed by atoms with E-state index in [2.05, 4.69) is 5.32 Å². The van der Waals surface area contributed by atoms with Crippen LogP contribution in [0.1, 0.15) is 17.3 Å². The molecule has 15 heavy (non-hydrogen) atoms. The van der Waals surface area contributed by atoms with E-state index in [1.807, 2.05) is 0 Å². The number of carbonyl (C=O) groups is 1. The summed E-state index contributed by atoms with van der Waals surface area (Å²) < 4.78 is 0. The van der Waals surface area contributed by atoms with Gasteiger partial charge in [0.2, 0.25) is 0 Å². The SMILES string of the molecule is C[C@H](CO)NC(=O)c1c(Cl)cccc1Cl. The Kier molecular flexibility index (Phi) is 4.39. The lowest BCUT2D eigenvalue weighted by Crippen LogP contribution is -2.35. The largest absolute Gasteiger partial charge is 0.394 e. The van der Waals surface area contributed by atoms with Crippen LogP contribution in [0.4, 0.5) is 0 Å². The molecule has 0 unspecified atom stereocenters. The van der Waals surface area contributed by atoms with E-state index in [-0.39, 0.29) is 24.1 Å². The van der Waals surface area contributed by atoms with Crippen molar-refractivity contribution in [2.24, 2.45) is 0 Å². The minimum Gasteiger partial charge on any atom is -0.394 e. The lowest BCUT2D eigenvalue weighted by molar-refractivity contribution is 0.0922. The molecule has 0 aliphatic carbocycles. The number of rotatable bonds is 3. The second-order valence-electron chi connectivity index (χ2n) is 3.15. The van der Waals surface area contributed by atoms with Crippen molar-refractivity contribution in [3.8, 4) is 0 Å². The van der Waals surface area contributed by atoms with Gasteiger partial charge in [-0.1, -0.05) is 29.3 Å². The molecule has 2 N–H and O–H groups in total. The van der Waals surface area contributed by atoms with Gasteiger partial charge in [-0.2, -0.15) is 0 Å². The second-order valence-corrected chi connectivity index (χ2v) is 3.97. The Bertz CT molecular complexity index is 348. The summed E-state index contributed by atoms with van der Waals surface area (Å²) in [4.78, 5) is 11.7. The van der Waals surface area contributed by atoms with Crippen LogP contribution >= 0.6 is 23.2 Å². The smallest absolute Gasteiger partial charge is 0.254 e. The number of hydrogen-bond acceptors (Lipinski definition) is 2. The first kappa shape index (κ1) is 12.3. The number of halogens is 2. The summed E-state index contributed by atoms with van der Waals surface area (Å²) in [6.45, 7) is 1.55. The lowest BCUT2D eigenvalue weighted by Gasteiger charge is -2.12. The molecule has 1 atom stereocenters. The van der Waals surface area contributed by atoms with Crippen molar-refractivity contribution in [2.75, 3.05) is 6.61 Å². The van der Waals surface area contributed by atoms with Crippen LogP contribution in [0, 0.1) is 0 Å². The predicted molar refractivity (Wildman–Crippen MR) is 60.5 cm³/mol. The first-order valence-electron chi connectivity index (χ1n) is 4.42. The molecular formula is C10H11Cl2NO2. The minimum atomic E-state index is -0.382. The summed E-state index contributed by atoms with van der Waals surface area (Å²) in [5, 5.41) is 12.0. The van der Waals surface area contributed by atoms with Crippen LogP contribution in [0.3, 0.4) is 0 Å². The molecular weight excluding hydrogens is 237 g/mol. The van der Waals surface area contributed by atoms with Crippen LogP contribution in [-0.2, 0) is 0 Å². The summed E-state index contributed by atoms with van der Waals surface area (Å²) >= 11 is 11.7. The zero-order chi connectivity index (χ0) is 11.4. The van der Waals surface area contributed by atoms with Crippen molar-refractivity contribution >= 4 is 29.1 Å². The fourth-order valence-electron chi connectivity index (χ4n) is 1.06. The van der Waals surface area contributed by atoms with E-state index in [0.717, 1.165) is 0 Å². The summed E-state index contributed by atoms with van der Waals surface area (Å²) in [6, 6.07) is 4.51. The van der Waals surface area contributed by atoms with Crippen molar-refractivity contribution in [1.29, 1.82) is 0 Å². The zero-order valence-electron chi connectivity index (χ0n) is 8.13. The third-order valence-electron chi connectivity index (χ3n) is 1.84. The first-order chi connectivity index (χ1) is 7.06. The predicted octanol–water partition coefficient (Wildman–Crippen LogP) is 2.10. The first-order valence-corrected chi connectivity index (χ1v) is 5.17. The molecule has 5 heteroatoms. The highest BCUT2D eigenvalue weighted by molar-refractivity contribution is 6.39. The Morgan fingerprint density at radius 3 is 2.47 bits per heavy atom. The molecule has 82 valence electrons. The van der Waals surface area contributed by atoms with E-state index < -0.39 is 0 Å². The monoisotopic (exact) mass is 247 g/mol. The average Bonchev–Trinajstić information content (AvgIpc) is 2.17. The van der Waals surface area contributed by atoms with Gasteiger partial charge in [-0.15, -0.1) is 0 Å². The van der Waals surface area contributed by atoms with Gasteiger partial charge in [0.15, 0.2) is 0 Å². The maximum Gasteiger partial charge on any atom is 0.254 e. The van der Waals surface area contributed by atoms with Crippen LogP contribution in [0.2, 0.25) is 10.0 Å². The molecule has 0 aliphatic heterocycles. The number of hydrogen-bond donors (Lipinski definition) is 2. The van der Waals surface area contributed by atoms with Crippen molar-refractivity contribution < 1.29 is 9.90 Å². The molecule has 0 fully saturated rings. The van der Waals surface area contributed by atoms with Crippen LogP contribution in [-0.4, -0.2) is 23.7 Å². The Balaban J connectivity index is 2.91. The van der Waals surface area contributed by atoms with Crippen LogP contribution < -0.4 is 5.32 Å². The molecule has 1 aromatic carbocycles. The molecule has 0 aliphatic rings. The molecule has 0 spiro atoms. The van der Waals surface area contributed by atoms with E-state index in [1.165, 1.54) is 0 Å². The third-order valence-corrected chi connectivity index (χ3v) is 2.47. The van der Waals surface area contributed by atoms with Crippen molar-refractivity contribution in [2.45, 2.75) is 13.0 Å². The van der Waals surface area contributed by atoms with Gasteiger partial charge in [0.1, 0.15) is 0 Å². The number of aliphatic hydroxyl groups excluding tert-OH is 1. The van der Waals surface area contributed by atoms with Gasteiger partial charge in [0.25, 0.3) is 5.91 Å². The maximum atomic E-state index is 11.7. The van der Waals surface area contributed by atoms with Crippen molar-refractivity contribution in [3.05, 3.63) is 33.8 Å². The highest BCUT2D eigenvalue weighted by Crippen LogP contribution is 2.23. The van der Waals surface area contributed by atoms with E-state index in [1.54, 1.807) is 25.1 Å². The summed E-state index contributed by atoms with van der Waals surface area (Å²) in [5.41, 5.74) is 0.237. The lowest BCUT2D eigenvalue weighted by atomic mass is 10.2. The molecule has 0 bridgehead atoms. The summed E-state index contributed by atoms with van der Waals surface area (Å²) in [6.07, 6.45) is 0. The van der Waals surface area contributed by atoms with Gasteiger partial charge in [0.05, 0.1) is 22.2 Å². The summed E-state index contributed by atoms with van der Waals surface area (Å²) in [7, 11) is 0. The van der Waals surface area contributed by atoms with Crippen LogP contribution in [0.15, 0.2) is 18.2 Å². The van der Waals surface area contributed by atoms with Gasteiger partial charge >= 0.3 is 0 Å². The zero-order valence-corrected chi connectivity index (χ0v) is 9.64. The normalized spacial score (nSPS) is 12.3. The molecule has 1 aromatic rings. The Hall–Kier alpha value is -0.770. The fourth-order valence-corrected chi connectivity index (χ4v) is 1.63. The third kappa shape index (κ3) is 3.09. The van der Waals surface area contributed by atoms with Gasteiger partial charge in [0, 0.05) is 6.04 Å². The quantitative estimate of drug-likeness (QED) is 0.860. The number of nitrogens with one attached hydrogen (secondary N) is 1. The van der Waals surface area contributed by atoms with Gasteiger partial charge in [-0.3, -0.25) is 4.79 Å². The van der Waals surface area contributed by atoms with Gasteiger partial charge in [-0.05, 0) is 19.1 Å². The van der Waals surface area contributed by atoms with Gasteiger partial charge < -0.3 is 10.4 Å². The molecule has 1 amide bonds. The van der Waals surface area contributed by atoms with Gasteiger partial charge in [-0.25, -0.2) is 0 Å². The second kappa shape index (κ2) is 5.35. The Morgan fingerprint density at radius 1 is 1.47 bits per heavy atom. The highest BCUT2D eigenvalue weighted by atomic mass is 35.5.